The van der Waals surface area contributed by atoms with Crippen LogP contribution in [-0.2, 0) is 16.6 Å². The van der Waals surface area contributed by atoms with Crippen LogP contribution in [0.5, 0.6) is 0 Å². The maximum atomic E-state index is 12.8. The summed E-state index contributed by atoms with van der Waals surface area (Å²) in [4.78, 5) is 0. The average molecular weight is 317 g/mol. The van der Waals surface area contributed by atoms with Gasteiger partial charge in [0.25, 0.3) is 10.2 Å². The van der Waals surface area contributed by atoms with E-state index in [0.717, 1.165) is 25.1 Å². The van der Waals surface area contributed by atoms with E-state index in [1.165, 1.54) is 16.4 Å². The molecular weight excluding hydrogens is 293 g/mol. The first-order valence-electron chi connectivity index (χ1n) is 7.12. The second-order valence-electron chi connectivity index (χ2n) is 4.80. The summed E-state index contributed by atoms with van der Waals surface area (Å²) in [5.41, 5.74) is 0.897. The van der Waals surface area contributed by atoms with Crippen molar-refractivity contribution in [1.82, 2.24) is 14.3 Å². The molecule has 0 saturated heterocycles. The number of hydrogen-bond acceptors (Lipinski definition) is 3. The summed E-state index contributed by atoms with van der Waals surface area (Å²) in [6.45, 7) is 4.46. The monoisotopic (exact) mass is 317 g/mol. The zero-order valence-electron chi connectivity index (χ0n) is 12.6. The van der Waals surface area contributed by atoms with Gasteiger partial charge in [0.05, 0.1) is 0 Å². The van der Waals surface area contributed by atoms with Crippen LogP contribution in [-0.4, -0.2) is 45.9 Å². The minimum absolute atomic E-state index is 0.292. The van der Waals surface area contributed by atoms with Crippen molar-refractivity contribution in [2.24, 2.45) is 0 Å². The summed E-state index contributed by atoms with van der Waals surface area (Å²) in [6, 6.07) is 6.06. The van der Waals surface area contributed by atoms with Crippen LogP contribution in [0.15, 0.2) is 24.3 Å². The molecule has 0 fully saturated rings. The molecule has 1 aromatic carbocycles. The Bertz CT molecular complexity index is 505. The summed E-state index contributed by atoms with van der Waals surface area (Å²) in [5, 5.41) is 3.15. The standard InChI is InChI=1S/C14H24FN3O2S/c1-3-16-10-4-12-18(2)21(19,20)17-11-9-13-5-7-14(15)8-6-13/h5-8,16-17H,3-4,9-12H2,1-2H3. The molecule has 7 heteroatoms. The van der Waals surface area contributed by atoms with E-state index in [0.29, 0.717) is 19.5 Å². The van der Waals surface area contributed by atoms with Crippen molar-refractivity contribution >= 4 is 10.2 Å². The molecule has 0 aliphatic carbocycles. The van der Waals surface area contributed by atoms with Crippen molar-refractivity contribution in [3.63, 3.8) is 0 Å². The first kappa shape index (κ1) is 18.0. The molecule has 0 spiro atoms. The predicted octanol–water partition coefficient (Wildman–Crippen LogP) is 1.13. The van der Waals surface area contributed by atoms with Crippen LogP contribution in [0, 0.1) is 5.82 Å². The second kappa shape index (κ2) is 9.09. The summed E-state index contributed by atoms with van der Waals surface area (Å²) in [7, 11) is -1.88. The van der Waals surface area contributed by atoms with E-state index >= 15 is 0 Å². The second-order valence-corrected chi connectivity index (χ2v) is 6.67. The van der Waals surface area contributed by atoms with E-state index in [-0.39, 0.29) is 5.82 Å². The summed E-state index contributed by atoms with van der Waals surface area (Å²) in [5.74, 6) is -0.292. The maximum absolute atomic E-state index is 12.8. The van der Waals surface area contributed by atoms with Gasteiger partial charge >= 0.3 is 0 Å². The average Bonchev–Trinajstić information content (AvgIpc) is 2.45. The molecule has 0 unspecified atom stereocenters. The smallest absolute Gasteiger partial charge is 0.279 e. The van der Waals surface area contributed by atoms with Crippen LogP contribution in [0.1, 0.15) is 18.9 Å². The van der Waals surface area contributed by atoms with Gasteiger partial charge in [-0.1, -0.05) is 19.1 Å². The molecule has 0 radical (unpaired) electrons. The van der Waals surface area contributed by atoms with Gasteiger partial charge in [-0.3, -0.25) is 0 Å². The Morgan fingerprint density at radius 3 is 2.48 bits per heavy atom. The van der Waals surface area contributed by atoms with Crippen molar-refractivity contribution in [1.29, 1.82) is 0 Å². The third-order valence-corrected chi connectivity index (χ3v) is 4.67. The zero-order valence-corrected chi connectivity index (χ0v) is 13.4. The summed E-state index contributed by atoms with van der Waals surface area (Å²) >= 11 is 0. The third-order valence-electron chi connectivity index (χ3n) is 3.10. The molecule has 2 N–H and O–H groups in total. The SMILES string of the molecule is CCNCCCN(C)S(=O)(=O)NCCc1ccc(F)cc1. The molecule has 0 aliphatic heterocycles. The van der Waals surface area contributed by atoms with Gasteiger partial charge in [0.1, 0.15) is 5.82 Å². The summed E-state index contributed by atoms with van der Waals surface area (Å²) in [6.07, 6.45) is 1.30. The first-order valence-corrected chi connectivity index (χ1v) is 8.56. The maximum Gasteiger partial charge on any atom is 0.279 e. The quantitative estimate of drug-likeness (QED) is 0.636. The van der Waals surface area contributed by atoms with E-state index in [4.69, 9.17) is 0 Å². The van der Waals surface area contributed by atoms with Crippen LogP contribution in [0.3, 0.4) is 0 Å². The van der Waals surface area contributed by atoms with E-state index in [2.05, 4.69) is 10.0 Å². The van der Waals surface area contributed by atoms with E-state index < -0.39 is 10.2 Å². The van der Waals surface area contributed by atoms with Crippen LogP contribution in [0.2, 0.25) is 0 Å². The fourth-order valence-corrected chi connectivity index (χ4v) is 2.76. The number of hydrogen-bond donors (Lipinski definition) is 2. The molecule has 0 saturated carbocycles. The molecule has 1 aromatic rings. The minimum atomic E-state index is -3.44. The highest BCUT2D eigenvalue weighted by Gasteiger charge is 2.15. The van der Waals surface area contributed by atoms with E-state index in [1.807, 2.05) is 6.92 Å². The largest absolute Gasteiger partial charge is 0.317 e. The number of halogens is 1. The lowest BCUT2D eigenvalue weighted by molar-refractivity contribution is 0.446. The number of rotatable bonds is 10. The van der Waals surface area contributed by atoms with Crippen molar-refractivity contribution < 1.29 is 12.8 Å². The highest BCUT2D eigenvalue weighted by molar-refractivity contribution is 7.87. The van der Waals surface area contributed by atoms with Gasteiger partial charge in [-0.25, -0.2) is 9.11 Å². The Morgan fingerprint density at radius 1 is 1.19 bits per heavy atom. The van der Waals surface area contributed by atoms with Crippen molar-refractivity contribution in [3.8, 4) is 0 Å². The molecule has 21 heavy (non-hydrogen) atoms. The first-order chi connectivity index (χ1) is 9.95. The molecule has 0 amide bonds. The zero-order chi connectivity index (χ0) is 15.7. The Morgan fingerprint density at radius 2 is 1.86 bits per heavy atom. The van der Waals surface area contributed by atoms with Gasteiger partial charge in [-0.05, 0) is 43.6 Å². The van der Waals surface area contributed by atoms with Crippen molar-refractivity contribution in [3.05, 3.63) is 35.6 Å². The van der Waals surface area contributed by atoms with Crippen molar-refractivity contribution in [2.75, 3.05) is 33.2 Å². The lowest BCUT2D eigenvalue weighted by Crippen LogP contribution is -2.40. The van der Waals surface area contributed by atoms with Crippen LogP contribution >= 0.6 is 0 Å². The highest BCUT2D eigenvalue weighted by atomic mass is 32.2. The van der Waals surface area contributed by atoms with Gasteiger partial charge in [0.15, 0.2) is 0 Å². The van der Waals surface area contributed by atoms with Gasteiger partial charge in [-0.2, -0.15) is 12.7 Å². The van der Waals surface area contributed by atoms with Crippen LogP contribution < -0.4 is 10.0 Å². The molecule has 0 aromatic heterocycles. The lowest BCUT2D eigenvalue weighted by Gasteiger charge is -2.17. The molecule has 5 nitrogen and oxygen atoms in total. The molecule has 0 atom stereocenters. The Balaban J connectivity index is 2.33. The Kier molecular flexibility index (Phi) is 7.81. The highest BCUT2D eigenvalue weighted by Crippen LogP contribution is 2.03. The Labute approximate surface area is 126 Å². The van der Waals surface area contributed by atoms with Gasteiger partial charge in [-0.15, -0.1) is 0 Å². The molecule has 120 valence electrons. The minimum Gasteiger partial charge on any atom is -0.317 e. The molecule has 1 rings (SSSR count). The van der Waals surface area contributed by atoms with Gasteiger partial charge < -0.3 is 5.32 Å². The van der Waals surface area contributed by atoms with Crippen LogP contribution in [0.25, 0.3) is 0 Å². The van der Waals surface area contributed by atoms with E-state index in [9.17, 15) is 12.8 Å². The van der Waals surface area contributed by atoms with Crippen molar-refractivity contribution in [2.45, 2.75) is 19.8 Å². The topological polar surface area (TPSA) is 61.4 Å². The van der Waals surface area contributed by atoms with E-state index in [1.54, 1.807) is 19.2 Å². The normalized spacial score (nSPS) is 12.0. The molecule has 0 bridgehead atoms. The van der Waals surface area contributed by atoms with Gasteiger partial charge in [0, 0.05) is 20.1 Å². The Hall–Kier alpha value is -1.02. The number of nitrogens with one attached hydrogen (secondary N) is 2. The summed E-state index contributed by atoms with van der Waals surface area (Å²) < 4.78 is 40.6. The predicted molar refractivity (Wildman–Crippen MR) is 82.8 cm³/mol. The fourth-order valence-electron chi connectivity index (χ4n) is 1.81. The molecule has 0 aliphatic rings. The molecule has 0 heterocycles. The molecular formula is C14H24FN3O2S. The number of nitrogens with zero attached hydrogens (tertiary/aromatic N) is 1. The fraction of sp³-hybridized carbons (Fsp3) is 0.571. The van der Waals surface area contributed by atoms with Gasteiger partial charge in [0.2, 0.25) is 0 Å². The number of benzene rings is 1. The lowest BCUT2D eigenvalue weighted by atomic mass is 10.1. The third kappa shape index (κ3) is 6.99. The van der Waals surface area contributed by atoms with Crippen LogP contribution in [0.4, 0.5) is 4.39 Å².